The van der Waals surface area contributed by atoms with Crippen LogP contribution in [0.3, 0.4) is 0 Å². The van der Waals surface area contributed by atoms with Crippen molar-refractivity contribution in [3.05, 3.63) is 41.2 Å². The molecule has 1 aliphatic rings. The Bertz CT molecular complexity index is 617. The number of methoxy groups -OCH3 is 1. The van der Waals surface area contributed by atoms with Crippen molar-refractivity contribution < 1.29 is 9.47 Å². The summed E-state index contributed by atoms with van der Waals surface area (Å²) in [5.74, 6) is 7.51. The second-order valence-electron chi connectivity index (χ2n) is 4.98. The van der Waals surface area contributed by atoms with Gasteiger partial charge in [-0.3, -0.25) is 10.5 Å². The fourth-order valence-electron chi connectivity index (χ4n) is 2.80. The van der Waals surface area contributed by atoms with E-state index in [0.29, 0.717) is 0 Å². The number of fused-ring (bicyclic) bond motifs is 1. The summed E-state index contributed by atoms with van der Waals surface area (Å²) in [5.41, 5.74) is 6.11. The first-order chi connectivity index (χ1) is 10.3. The highest BCUT2D eigenvalue weighted by Gasteiger charge is 2.24. The Balaban J connectivity index is 2.04. The van der Waals surface area contributed by atoms with E-state index in [2.05, 4.69) is 16.6 Å². The van der Waals surface area contributed by atoms with E-state index in [-0.39, 0.29) is 6.04 Å². The van der Waals surface area contributed by atoms with Crippen LogP contribution in [0.1, 0.15) is 29.8 Å². The first-order valence-corrected chi connectivity index (χ1v) is 7.10. The van der Waals surface area contributed by atoms with Gasteiger partial charge in [-0.25, -0.2) is 5.43 Å². The summed E-state index contributed by atoms with van der Waals surface area (Å²) in [6.07, 6.45) is 2.66. The Morgan fingerprint density at radius 3 is 3.10 bits per heavy atom. The van der Waals surface area contributed by atoms with Crippen molar-refractivity contribution >= 4 is 0 Å². The van der Waals surface area contributed by atoms with Gasteiger partial charge in [0.05, 0.1) is 26.0 Å². The SMILES string of the molecule is CCn1ncc(OC)c1C(NN)c1ccc2c(c1)CCO2. The molecule has 21 heavy (non-hydrogen) atoms. The molecule has 6 heteroatoms. The number of ether oxygens (including phenoxy) is 2. The number of nitrogens with two attached hydrogens (primary N) is 1. The molecular weight excluding hydrogens is 268 g/mol. The van der Waals surface area contributed by atoms with Gasteiger partial charge in [0.15, 0.2) is 5.75 Å². The Kier molecular flexibility index (Phi) is 3.81. The molecule has 0 saturated heterocycles. The average molecular weight is 288 g/mol. The van der Waals surface area contributed by atoms with Gasteiger partial charge in [-0.05, 0) is 30.2 Å². The van der Waals surface area contributed by atoms with Crippen LogP contribution < -0.4 is 20.7 Å². The predicted octanol–water partition coefficient (Wildman–Crippen LogP) is 1.40. The smallest absolute Gasteiger partial charge is 0.161 e. The van der Waals surface area contributed by atoms with E-state index in [0.717, 1.165) is 42.3 Å². The molecule has 1 aromatic carbocycles. The summed E-state index contributed by atoms with van der Waals surface area (Å²) in [5, 5.41) is 4.34. The molecule has 3 N–H and O–H groups in total. The van der Waals surface area contributed by atoms with Gasteiger partial charge in [-0.1, -0.05) is 6.07 Å². The topological polar surface area (TPSA) is 74.3 Å². The van der Waals surface area contributed by atoms with Crippen LogP contribution in [0.15, 0.2) is 24.4 Å². The van der Waals surface area contributed by atoms with E-state index in [1.54, 1.807) is 13.3 Å². The van der Waals surface area contributed by atoms with Crippen molar-refractivity contribution in [3.8, 4) is 11.5 Å². The van der Waals surface area contributed by atoms with E-state index >= 15 is 0 Å². The molecule has 0 amide bonds. The number of hydrazine groups is 1. The Morgan fingerprint density at radius 2 is 2.38 bits per heavy atom. The van der Waals surface area contributed by atoms with Crippen molar-refractivity contribution in [3.63, 3.8) is 0 Å². The molecule has 3 rings (SSSR count). The number of aryl methyl sites for hydroxylation is 1. The minimum atomic E-state index is -0.173. The van der Waals surface area contributed by atoms with Gasteiger partial charge in [0.2, 0.25) is 0 Å². The molecule has 2 aromatic rings. The molecule has 1 aromatic heterocycles. The molecule has 2 heterocycles. The van der Waals surface area contributed by atoms with Gasteiger partial charge in [-0.15, -0.1) is 0 Å². The number of hydrogen-bond donors (Lipinski definition) is 2. The van der Waals surface area contributed by atoms with Gasteiger partial charge >= 0.3 is 0 Å². The molecule has 1 aliphatic heterocycles. The van der Waals surface area contributed by atoms with Crippen LogP contribution in [0.4, 0.5) is 0 Å². The number of rotatable bonds is 5. The maximum Gasteiger partial charge on any atom is 0.161 e. The molecule has 0 aliphatic carbocycles. The number of hydrogen-bond acceptors (Lipinski definition) is 5. The normalized spacial score (nSPS) is 14.6. The molecule has 112 valence electrons. The van der Waals surface area contributed by atoms with Crippen LogP contribution >= 0.6 is 0 Å². The Labute approximate surface area is 123 Å². The van der Waals surface area contributed by atoms with Crippen molar-refractivity contribution in [2.45, 2.75) is 25.9 Å². The van der Waals surface area contributed by atoms with E-state index in [9.17, 15) is 0 Å². The summed E-state index contributed by atoms with van der Waals surface area (Å²) in [7, 11) is 1.64. The van der Waals surface area contributed by atoms with Crippen LogP contribution in [-0.4, -0.2) is 23.5 Å². The zero-order valence-corrected chi connectivity index (χ0v) is 12.3. The first kappa shape index (κ1) is 13.9. The lowest BCUT2D eigenvalue weighted by atomic mass is 10.00. The van der Waals surface area contributed by atoms with E-state index in [1.165, 1.54) is 5.56 Å². The van der Waals surface area contributed by atoms with E-state index in [1.807, 2.05) is 23.7 Å². The highest BCUT2D eigenvalue weighted by Crippen LogP contribution is 2.33. The van der Waals surface area contributed by atoms with Gasteiger partial charge in [0.25, 0.3) is 0 Å². The molecule has 0 radical (unpaired) electrons. The second-order valence-corrected chi connectivity index (χ2v) is 4.98. The third-order valence-electron chi connectivity index (χ3n) is 3.85. The van der Waals surface area contributed by atoms with Crippen LogP contribution in [0.25, 0.3) is 0 Å². The van der Waals surface area contributed by atoms with Gasteiger partial charge in [0.1, 0.15) is 11.4 Å². The molecule has 0 bridgehead atoms. The first-order valence-electron chi connectivity index (χ1n) is 7.10. The highest BCUT2D eigenvalue weighted by molar-refractivity contribution is 5.44. The highest BCUT2D eigenvalue weighted by atomic mass is 16.5. The van der Waals surface area contributed by atoms with Crippen molar-refractivity contribution in [1.82, 2.24) is 15.2 Å². The quantitative estimate of drug-likeness (QED) is 0.642. The minimum Gasteiger partial charge on any atom is -0.493 e. The maximum atomic E-state index is 5.81. The zero-order chi connectivity index (χ0) is 14.8. The summed E-state index contributed by atoms with van der Waals surface area (Å²) in [6.45, 7) is 3.54. The molecule has 0 saturated carbocycles. The molecule has 0 spiro atoms. The molecule has 1 atom stereocenters. The summed E-state index contributed by atoms with van der Waals surface area (Å²) >= 11 is 0. The summed E-state index contributed by atoms with van der Waals surface area (Å²) < 4.78 is 12.9. The largest absolute Gasteiger partial charge is 0.493 e. The van der Waals surface area contributed by atoms with Crippen LogP contribution in [0, 0.1) is 0 Å². The Morgan fingerprint density at radius 1 is 1.52 bits per heavy atom. The standard InChI is InChI=1S/C15H20N4O2/c1-3-19-15(13(20-2)9-17-19)14(18-16)11-4-5-12-10(8-11)6-7-21-12/h4-5,8-9,14,18H,3,6-7,16H2,1-2H3. The number of nitrogens with one attached hydrogen (secondary N) is 1. The number of nitrogens with zero attached hydrogens (tertiary/aromatic N) is 2. The zero-order valence-electron chi connectivity index (χ0n) is 12.3. The molecule has 0 fully saturated rings. The van der Waals surface area contributed by atoms with E-state index in [4.69, 9.17) is 15.3 Å². The number of benzene rings is 1. The summed E-state index contributed by atoms with van der Waals surface area (Å²) in [6, 6.07) is 6.00. The van der Waals surface area contributed by atoms with Crippen LogP contribution in [0.2, 0.25) is 0 Å². The molecular formula is C15H20N4O2. The maximum absolute atomic E-state index is 5.81. The monoisotopic (exact) mass is 288 g/mol. The van der Waals surface area contributed by atoms with Gasteiger partial charge in [0, 0.05) is 13.0 Å². The van der Waals surface area contributed by atoms with Crippen molar-refractivity contribution in [1.29, 1.82) is 0 Å². The van der Waals surface area contributed by atoms with Crippen molar-refractivity contribution in [2.24, 2.45) is 5.84 Å². The van der Waals surface area contributed by atoms with Crippen LogP contribution in [-0.2, 0) is 13.0 Å². The second kappa shape index (κ2) is 5.75. The fourth-order valence-corrected chi connectivity index (χ4v) is 2.80. The number of aromatic nitrogens is 2. The average Bonchev–Trinajstić information content (AvgIpc) is 3.13. The fraction of sp³-hybridized carbons (Fsp3) is 0.400. The predicted molar refractivity (Wildman–Crippen MR) is 79.3 cm³/mol. The lowest BCUT2D eigenvalue weighted by molar-refractivity contribution is 0.356. The van der Waals surface area contributed by atoms with Gasteiger partial charge < -0.3 is 9.47 Å². The van der Waals surface area contributed by atoms with Crippen LogP contribution in [0.5, 0.6) is 11.5 Å². The summed E-state index contributed by atoms with van der Waals surface area (Å²) in [4.78, 5) is 0. The van der Waals surface area contributed by atoms with Crippen molar-refractivity contribution in [2.75, 3.05) is 13.7 Å². The third kappa shape index (κ3) is 2.36. The van der Waals surface area contributed by atoms with E-state index < -0.39 is 0 Å². The minimum absolute atomic E-state index is 0.173. The molecule has 6 nitrogen and oxygen atoms in total. The molecule has 1 unspecified atom stereocenters. The third-order valence-corrected chi connectivity index (χ3v) is 3.85. The lowest BCUT2D eigenvalue weighted by Crippen LogP contribution is -2.31. The lowest BCUT2D eigenvalue weighted by Gasteiger charge is -2.19. The van der Waals surface area contributed by atoms with Gasteiger partial charge in [-0.2, -0.15) is 5.10 Å². The Hall–Kier alpha value is -2.05.